The zero-order valence-corrected chi connectivity index (χ0v) is 23.3. The van der Waals surface area contributed by atoms with E-state index in [4.69, 9.17) is 9.97 Å². The number of fused-ring (bicyclic) bond motifs is 2. The van der Waals surface area contributed by atoms with Crippen LogP contribution < -0.4 is 15.8 Å². The lowest BCUT2D eigenvalue weighted by Crippen LogP contribution is -2.44. The predicted octanol–water partition coefficient (Wildman–Crippen LogP) is 4.34. The van der Waals surface area contributed by atoms with Crippen molar-refractivity contribution in [1.82, 2.24) is 29.2 Å². The van der Waals surface area contributed by atoms with Gasteiger partial charge in [0.25, 0.3) is 5.56 Å². The van der Waals surface area contributed by atoms with Crippen molar-refractivity contribution in [2.45, 2.75) is 38.6 Å². The van der Waals surface area contributed by atoms with Crippen LogP contribution >= 0.6 is 0 Å². The summed E-state index contributed by atoms with van der Waals surface area (Å²) < 4.78 is 3.49. The van der Waals surface area contributed by atoms with Crippen LogP contribution in [0, 0.1) is 11.8 Å². The number of allylic oxidation sites excluding steroid dienone is 1. The van der Waals surface area contributed by atoms with Crippen LogP contribution in [0.4, 0.5) is 17.3 Å². The highest BCUT2D eigenvalue weighted by atomic mass is 16.1. The predicted molar refractivity (Wildman–Crippen MR) is 159 cm³/mol. The number of aromatic nitrogens is 5. The highest BCUT2D eigenvalue weighted by molar-refractivity contribution is 5.77. The number of nitrogens with one attached hydrogen (secondary N) is 1. The first kappa shape index (κ1) is 25.0. The van der Waals surface area contributed by atoms with Crippen molar-refractivity contribution in [2.24, 2.45) is 11.8 Å². The van der Waals surface area contributed by atoms with Gasteiger partial charge in [-0.1, -0.05) is 19.1 Å². The Labute approximate surface area is 234 Å². The minimum atomic E-state index is -0.146. The summed E-state index contributed by atoms with van der Waals surface area (Å²) >= 11 is 0. The fourth-order valence-electron chi connectivity index (χ4n) is 6.48. The first-order chi connectivity index (χ1) is 19.5. The average Bonchev–Trinajstić information content (AvgIpc) is 3.43. The molecule has 4 aromatic rings. The van der Waals surface area contributed by atoms with Gasteiger partial charge in [-0.05, 0) is 74.0 Å². The molecule has 3 aliphatic rings. The molecule has 0 amide bonds. The molecule has 0 bridgehead atoms. The van der Waals surface area contributed by atoms with Crippen molar-refractivity contribution < 1.29 is 0 Å². The lowest BCUT2D eigenvalue weighted by atomic mass is 9.99. The third-order valence-corrected chi connectivity index (χ3v) is 8.95. The third kappa shape index (κ3) is 4.38. The molecule has 4 heterocycles. The van der Waals surface area contributed by atoms with Gasteiger partial charge in [-0.25, -0.2) is 19.3 Å². The van der Waals surface area contributed by atoms with Crippen molar-refractivity contribution in [3.63, 3.8) is 0 Å². The SMILES string of the molecule is C=CCn1c(=O)c2cnc(Nc3ccc(N4CCN(C)CC4)cc3)nc2n1-c1ccc2c(n1)C(C1CC1C)CC2. The van der Waals surface area contributed by atoms with Crippen molar-refractivity contribution in [1.29, 1.82) is 0 Å². The zero-order chi connectivity index (χ0) is 27.4. The summed E-state index contributed by atoms with van der Waals surface area (Å²) in [4.78, 5) is 32.7. The number of aryl methyl sites for hydroxylation is 1. The normalized spacial score (nSPS) is 22.4. The summed E-state index contributed by atoms with van der Waals surface area (Å²) in [5.41, 5.74) is 5.03. The number of hydrogen-bond donors (Lipinski definition) is 1. The molecule has 1 aliphatic heterocycles. The molecule has 9 heteroatoms. The van der Waals surface area contributed by atoms with E-state index >= 15 is 0 Å². The number of anilines is 3. The molecule has 40 heavy (non-hydrogen) atoms. The van der Waals surface area contributed by atoms with Crippen LogP contribution in [0.2, 0.25) is 0 Å². The number of nitrogens with zero attached hydrogens (tertiary/aromatic N) is 7. The van der Waals surface area contributed by atoms with E-state index in [-0.39, 0.29) is 5.56 Å². The fourth-order valence-corrected chi connectivity index (χ4v) is 6.48. The molecule has 2 fully saturated rings. The molecule has 0 radical (unpaired) electrons. The van der Waals surface area contributed by atoms with Crippen LogP contribution in [0.25, 0.3) is 16.9 Å². The van der Waals surface area contributed by atoms with Gasteiger partial charge in [0.2, 0.25) is 5.95 Å². The highest BCUT2D eigenvalue weighted by Gasteiger charge is 2.43. The minimum Gasteiger partial charge on any atom is -0.369 e. The Morgan fingerprint density at radius 1 is 1.07 bits per heavy atom. The van der Waals surface area contributed by atoms with Gasteiger partial charge in [-0.15, -0.1) is 6.58 Å². The standard InChI is InChI=1S/C31H36N8O/c1-4-13-38-30(40)26-19-32-31(33-22-7-9-23(10-8-22)37-16-14-36(3)15-17-37)35-29(26)39(38)27-12-6-21-5-11-24(28(21)34-27)25-18-20(25)2/h4,6-10,12,19-20,24-25H,1,5,11,13-18H2,2-3H3,(H,32,33,35). The molecule has 7 rings (SSSR count). The van der Waals surface area contributed by atoms with Gasteiger partial charge in [-0.2, -0.15) is 4.98 Å². The summed E-state index contributed by atoms with van der Waals surface area (Å²) in [6.45, 7) is 10.8. The summed E-state index contributed by atoms with van der Waals surface area (Å²) in [5.74, 6) is 3.16. The molecule has 3 unspecified atom stereocenters. The second-order valence-electron chi connectivity index (χ2n) is 11.6. The van der Waals surface area contributed by atoms with Gasteiger partial charge in [0.15, 0.2) is 11.5 Å². The van der Waals surface area contributed by atoms with Crippen LogP contribution in [0.15, 0.2) is 60.0 Å². The highest BCUT2D eigenvalue weighted by Crippen LogP contribution is 2.52. The van der Waals surface area contributed by atoms with Crippen molar-refractivity contribution in [2.75, 3.05) is 43.4 Å². The molecule has 1 aromatic carbocycles. The lowest BCUT2D eigenvalue weighted by Gasteiger charge is -2.34. The Kier molecular flexibility index (Phi) is 6.19. The number of piperazine rings is 1. The second-order valence-corrected chi connectivity index (χ2v) is 11.6. The zero-order valence-electron chi connectivity index (χ0n) is 23.3. The molecule has 206 valence electrons. The summed E-state index contributed by atoms with van der Waals surface area (Å²) in [5, 5.41) is 3.80. The molecular weight excluding hydrogens is 500 g/mol. The van der Waals surface area contributed by atoms with E-state index in [0.29, 0.717) is 35.3 Å². The summed E-state index contributed by atoms with van der Waals surface area (Å²) in [6.07, 6.45) is 6.86. The maximum Gasteiger partial charge on any atom is 0.278 e. The Bertz CT molecular complexity index is 1630. The number of hydrogen-bond acceptors (Lipinski definition) is 7. The number of rotatable bonds is 7. The molecule has 1 saturated carbocycles. The Morgan fingerprint density at radius 2 is 1.85 bits per heavy atom. The first-order valence-electron chi connectivity index (χ1n) is 14.4. The van der Waals surface area contributed by atoms with E-state index in [0.717, 1.165) is 56.5 Å². The summed E-state index contributed by atoms with van der Waals surface area (Å²) in [7, 11) is 2.16. The Hall–Kier alpha value is -3.98. The Morgan fingerprint density at radius 3 is 2.58 bits per heavy atom. The number of likely N-dealkylation sites (N-methyl/N-ethyl adjacent to an activating group) is 1. The van der Waals surface area contributed by atoms with Gasteiger partial charge < -0.3 is 15.1 Å². The average molecular weight is 537 g/mol. The van der Waals surface area contributed by atoms with E-state index in [1.54, 1.807) is 17.0 Å². The van der Waals surface area contributed by atoms with Crippen LogP contribution in [-0.4, -0.2) is 62.4 Å². The monoisotopic (exact) mass is 536 g/mol. The van der Waals surface area contributed by atoms with Crippen LogP contribution in [0.1, 0.15) is 36.9 Å². The third-order valence-electron chi connectivity index (χ3n) is 8.95. The lowest BCUT2D eigenvalue weighted by molar-refractivity contribution is 0.313. The summed E-state index contributed by atoms with van der Waals surface area (Å²) in [6, 6.07) is 12.6. The van der Waals surface area contributed by atoms with Gasteiger partial charge in [0.05, 0.1) is 6.54 Å². The molecule has 1 N–H and O–H groups in total. The molecule has 3 aromatic heterocycles. The second kappa shape index (κ2) is 9.89. The van der Waals surface area contributed by atoms with Crippen LogP contribution in [0.5, 0.6) is 0 Å². The van der Waals surface area contributed by atoms with Crippen LogP contribution in [-0.2, 0) is 13.0 Å². The quantitative estimate of drug-likeness (QED) is 0.352. The maximum absolute atomic E-state index is 13.4. The van der Waals surface area contributed by atoms with Gasteiger partial charge in [0, 0.05) is 55.4 Å². The van der Waals surface area contributed by atoms with Gasteiger partial charge in [0.1, 0.15) is 5.39 Å². The first-order valence-corrected chi connectivity index (χ1v) is 14.4. The maximum atomic E-state index is 13.4. The van der Waals surface area contributed by atoms with E-state index in [1.165, 1.54) is 23.4 Å². The topological polar surface area (TPSA) is 84.1 Å². The van der Waals surface area contributed by atoms with Crippen molar-refractivity contribution >= 4 is 28.4 Å². The van der Waals surface area contributed by atoms with Gasteiger partial charge >= 0.3 is 0 Å². The van der Waals surface area contributed by atoms with Crippen LogP contribution in [0.3, 0.4) is 0 Å². The van der Waals surface area contributed by atoms with E-state index in [2.05, 4.69) is 71.0 Å². The van der Waals surface area contributed by atoms with E-state index in [1.807, 2.05) is 10.7 Å². The Balaban J connectivity index is 1.22. The molecule has 0 spiro atoms. The molecule has 2 aliphatic carbocycles. The van der Waals surface area contributed by atoms with Gasteiger partial charge in [-0.3, -0.25) is 4.79 Å². The fraction of sp³-hybridized carbons (Fsp3) is 0.419. The molecule has 3 atom stereocenters. The largest absolute Gasteiger partial charge is 0.369 e. The molecule has 9 nitrogen and oxygen atoms in total. The minimum absolute atomic E-state index is 0.146. The van der Waals surface area contributed by atoms with Crippen molar-refractivity contribution in [3.05, 3.63) is 76.9 Å². The van der Waals surface area contributed by atoms with E-state index < -0.39 is 0 Å². The van der Waals surface area contributed by atoms with E-state index in [9.17, 15) is 4.79 Å². The number of benzene rings is 1. The number of pyridine rings is 1. The van der Waals surface area contributed by atoms with Crippen molar-refractivity contribution in [3.8, 4) is 5.82 Å². The smallest absolute Gasteiger partial charge is 0.278 e. The molecular formula is C31H36N8O. The molecule has 1 saturated heterocycles.